The number of hydrogen-bond acceptors (Lipinski definition) is 7. The van der Waals surface area contributed by atoms with Crippen LogP contribution < -0.4 is 10.4 Å². The summed E-state index contributed by atoms with van der Waals surface area (Å²) in [5, 5.41) is 12.4. The van der Waals surface area contributed by atoms with Crippen molar-refractivity contribution < 1.29 is 28.2 Å². The molecule has 2 aromatic heterocycles. The van der Waals surface area contributed by atoms with Crippen molar-refractivity contribution in [2.75, 3.05) is 31.9 Å². The van der Waals surface area contributed by atoms with E-state index in [9.17, 15) is 28.3 Å². The van der Waals surface area contributed by atoms with Crippen LogP contribution >= 0.6 is 0 Å². The number of hydrogen-bond donors (Lipinski definition) is 1. The molecule has 0 bridgehead atoms. The molecule has 9 nitrogen and oxygen atoms in total. The maximum Gasteiger partial charge on any atom is 0.277 e. The minimum absolute atomic E-state index is 0.0758. The fraction of sp³-hybridized carbons (Fsp3) is 0.308. The summed E-state index contributed by atoms with van der Waals surface area (Å²) in [7, 11) is 1.49. The number of fused-ring (bicyclic) bond motifs is 1. The summed E-state index contributed by atoms with van der Waals surface area (Å²) < 4.78 is 33.6. The zero-order valence-corrected chi connectivity index (χ0v) is 20.4. The van der Waals surface area contributed by atoms with Crippen molar-refractivity contribution in [1.29, 1.82) is 0 Å². The first-order chi connectivity index (χ1) is 17.7. The fourth-order valence-electron chi connectivity index (χ4n) is 4.17. The van der Waals surface area contributed by atoms with E-state index in [-0.39, 0.29) is 56.0 Å². The number of pyridine rings is 2. The topological polar surface area (TPSA) is 105 Å². The van der Waals surface area contributed by atoms with Crippen molar-refractivity contribution in [2.45, 2.75) is 26.3 Å². The highest BCUT2D eigenvalue weighted by Crippen LogP contribution is 2.23. The van der Waals surface area contributed by atoms with Gasteiger partial charge in [-0.3, -0.25) is 29.1 Å². The second-order valence-corrected chi connectivity index (χ2v) is 8.71. The lowest BCUT2D eigenvalue weighted by molar-refractivity contribution is 0.0619. The summed E-state index contributed by atoms with van der Waals surface area (Å²) in [4.78, 5) is 45.0. The summed E-state index contributed by atoms with van der Waals surface area (Å²) >= 11 is 0. The summed E-state index contributed by atoms with van der Waals surface area (Å²) in [6.07, 6.45) is 0.888. The van der Waals surface area contributed by atoms with E-state index in [4.69, 9.17) is 4.74 Å². The van der Waals surface area contributed by atoms with Crippen LogP contribution in [-0.2, 0) is 17.7 Å². The number of carbonyl (C=O) groups is 2. The number of methoxy groups -OCH3 is 1. The van der Waals surface area contributed by atoms with Crippen LogP contribution in [0.15, 0.2) is 47.4 Å². The Hall–Kier alpha value is -4.12. The van der Waals surface area contributed by atoms with Crippen molar-refractivity contribution in [2.24, 2.45) is 0 Å². The molecule has 0 radical (unpaired) electrons. The van der Waals surface area contributed by atoms with Gasteiger partial charge in [0.05, 0.1) is 24.4 Å². The van der Waals surface area contributed by atoms with E-state index in [2.05, 4.69) is 4.98 Å². The molecular formula is C26H26F2N4O5. The van der Waals surface area contributed by atoms with E-state index in [1.807, 2.05) is 19.1 Å². The van der Waals surface area contributed by atoms with Crippen molar-refractivity contribution in [3.8, 4) is 5.75 Å². The van der Waals surface area contributed by atoms with Gasteiger partial charge in [-0.25, -0.2) is 8.78 Å². The second kappa shape index (κ2) is 10.9. The number of nitrogens with zero attached hydrogens (tertiary/aromatic N) is 4. The molecular weight excluding hydrogens is 486 g/mol. The van der Waals surface area contributed by atoms with Gasteiger partial charge >= 0.3 is 0 Å². The number of halogens is 2. The highest BCUT2D eigenvalue weighted by Gasteiger charge is 2.34. The predicted octanol–water partition coefficient (Wildman–Crippen LogP) is 2.55. The lowest BCUT2D eigenvalue weighted by Gasteiger charge is -2.39. The Morgan fingerprint density at radius 2 is 1.97 bits per heavy atom. The van der Waals surface area contributed by atoms with E-state index in [1.165, 1.54) is 28.9 Å². The van der Waals surface area contributed by atoms with Gasteiger partial charge in [0.25, 0.3) is 5.91 Å². The molecule has 0 fully saturated rings. The molecule has 1 amide bonds. The Morgan fingerprint density at radius 1 is 1.19 bits per heavy atom. The van der Waals surface area contributed by atoms with Gasteiger partial charge in [-0.2, -0.15) is 0 Å². The molecule has 0 unspecified atom stereocenters. The number of amides is 1. The number of benzene rings is 1. The maximum atomic E-state index is 14.0. The van der Waals surface area contributed by atoms with Gasteiger partial charge in [0.15, 0.2) is 17.2 Å². The molecule has 0 saturated heterocycles. The van der Waals surface area contributed by atoms with Gasteiger partial charge in [-0.05, 0) is 37.1 Å². The minimum atomic E-state index is -0.994. The monoisotopic (exact) mass is 512 g/mol. The Labute approximate surface area is 211 Å². The summed E-state index contributed by atoms with van der Waals surface area (Å²) in [6.45, 7) is 2.59. The van der Waals surface area contributed by atoms with Crippen molar-refractivity contribution in [3.05, 3.63) is 92.7 Å². The predicted molar refractivity (Wildman–Crippen MR) is 130 cm³/mol. The highest BCUT2D eigenvalue weighted by atomic mass is 19.1. The average Bonchev–Trinajstić information content (AvgIpc) is 2.86. The third-order valence-electron chi connectivity index (χ3n) is 6.09. The van der Waals surface area contributed by atoms with Gasteiger partial charge in [0.1, 0.15) is 18.3 Å². The first kappa shape index (κ1) is 26.0. The SMILES string of the molecule is COCCN1CN(Cc2cccc(C)n2)n2cc(C(=O)CCc3ccc(F)cc3F)c(=O)c(O)c2C1=O. The van der Waals surface area contributed by atoms with E-state index in [0.717, 1.165) is 17.8 Å². The van der Waals surface area contributed by atoms with Crippen LogP contribution in [-0.4, -0.2) is 58.3 Å². The molecule has 0 saturated carbocycles. The third-order valence-corrected chi connectivity index (χ3v) is 6.09. The van der Waals surface area contributed by atoms with E-state index in [0.29, 0.717) is 5.69 Å². The Bertz CT molecular complexity index is 1410. The molecule has 1 aromatic carbocycles. The van der Waals surface area contributed by atoms with Crippen LogP contribution in [0.5, 0.6) is 5.75 Å². The molecule has 194 valence electrons. The van der Waals surface area contributed by atoms with E-state index in [1.54, 1.807) is 11.1 Å². The zero-order valence-electron chi connectivity index (χ0n) is 20.4. The van der Waals surface area contributed by atoms with Gasteiger partial charge in [-0.1, -0.05) is 12.1 Å². The summed E-state index contributed by atoms with van der Waals surface area (Å²) in [5.41, 5.74) is -0.0386. The standard InChI is InChI=1S/C26H26F2N4O5/c1-16-4-3-5-19(29-16)13-31-15-30(10-11-37-2)26(36)23-25(35)24(34)20(14-32(23)31)22(33)9-7-17-6-8-18(27)12-21(17)28/h3-6,8,12,14,35H,7,9-11,13,15H2,1-2H3. The average molecular weight is 513 g/mol. The molecule has 11 heteroatoms. The Balaban J connectivity index is 1.70. The quantitative estimate of drug-likeness (QED) is 0.440. The van der Waals surface area contributed by atoms with Gasteiger partial charge in [0, 0.05) is 38.0 Å². The number of rotatable bonds is 9. The van der Waals surface area contributed by atoms with Crippen molar-refractivity contribution in [1.82, 2.24) is 14.6 Å². The highest BCUT2D eigenvalue weighted by molar-refractivity contribution is 6.00. The Morgan fingerprint density at radius 3 is 2.68 bits per heavy atom. The number of aromatic hydroxyl groups is 1. The molecule has 0 spiro atoms. The van der Waals surface area contributed by atoms with Crippen molar-refractivity contribution >= 4 is 11.7 Å². The molecule has 0 aliphatic carbocycles. The van der Waals surface area contributed by atoms with Crippen molar-refractivity contribution in [3.63, 3.8) is 0 Å². The first-order valence-electron chi connectivity index (χ1n) is 11.6. The van der Waals surface area contributed by atoms with Gasteiger partial charge < -0.3 is 14.7 Å². The number of ether oxygens (including phenoxy) is 1. The molecule has 1 aliphatic rings. The molecule has 3 aromatic rings. The summed E-state index contributed by atoms with van der Waals surface area (Å²) in [6, 6.07) is 8.51. The van der Waals surface area contributed by atoms with Gasteiger partial charge in [-0.15, -0.1) is 0 Å². The molecule has 0 atom stereocenters. The molecule has 1 N–H and O–H groups in total. The van der Waals surface area contributed by atoms with Crippen LogP contribution in [0.1, 0.15) is 44.2 Å². The fourth-order valence-corrected chi connectivity index (χ4v) is 4.17. The van der Waals surface area contributed by atoms with Crippen LogP contribution in [0.4, 0.5) is 8.78 Å². The number of carbonyl (C=O) groups excluding carboxylic acids is 2. The maximum absolute atomic E-state index is 14.0. The van der Waals surface area contributed by atoms with E-state index < -0.39 is 34.5 Å². The zero-order chi connectivity index (χ0) is 26.7. The molecule has 1 aliphatic heterocycles. The minimum Gasteiger partial charge on any atom is -0.502 e. The van der Waals surface area contributed by atoms with Crippen LogP contribution in [0, 0.1) is 18.6 Å². The molecule has 37 heavy (non-hydrogen) atoms. The van der Waals surface area contributed by atoms with E-state index >= 15 is 0 Å². The summed E-state index contributed by atoms with van der Waals surface area (Å²) in [5.74, 6) is -3.63. The normalized spacial score (nSPS) is 13.1. The van der Waals surface area contributed by atoms with Crippen LogP contribution in [0.3, 0.4) is 0 Å². The third kappa shape index (κ3) is 5.51. The first-order valence-corrected chi connectivity index (χ1v) is 11.6. The lowest BCUT2D eigenvalue weighted by atomic mass is 10.0. The number of aryl methyl sites for hydroxylation is 2. The molecule has 3 heterocycles. The Kier molecular flexibility index (Phi) is 7.63. The smallest absolute Gasteiger partial charge is 0.277 e. The van der Waals surface area contributed by atoms with Gasteiger partial charge in [0.2, 0.25) is 5.43 Å². The van der Waals surface area contributed by atoms with Crippen LogP contribution in [0.2, 0.25) is 0 Å². The van der Waals surface area contributed by atoms with Crippen LogP contribution in [0.25, 0.3) is 0 Å². The number of aromatic nitrogens is 2. The number of ketones is 1. The largest absolute Gasteiger partial charge is 0.502 e. The second-order valence-electron chi connectivity index (χ2n) is 8.71. The lowest BCUT2D eigenvalue weighted by Crippen LogP contribution is -2.54. The molecule has 4 rings (SSSR count). The number of Topliss-reactive ketones (excluding diaryl/α,β-unsaturated/α-hetero) is 1.